The summed E-state index contributed by atoms with van der Waals surface area (Å²) in [5, 5.41) is 3.33. The Kier molecular flexibility index (Phi) is 7.32. The van der Waals surface area contributed by atoms with Gasteiger partial charge in [0, 0.05) is 37.1 Å². The highest BCUT2D eigenvalue weighted by molar-refractivity contribution is 7.94. The van der Waals surface area contributed by atoms with E-state index in [1.54, 1.807) is 48.5 Å². The number of benzene rings is 3. The molecule has 34 heavy (non-hydrogen) atoms. The predicted molar refractivity (Wildman–Crippen MR) is 135 cm³/mol. The molecule has 0 bridgehead atoms. The van der Waals surface area contributed by atoms with Crippen LogP contribution in [0.4, 0.5) is 17.1 Å². The lowest BCUT2D eigenvalue weighted by Crippen LogP contribution is -2.28. The number of anilines is 3. The summed E-state index contributed by atoms with van der Waals surface area (Å²) in [5.74, 6) is 0. The van der Waals surface area contributed by atoms with Crippen molar-refractivity contribution in [1.82, 2.24) is 5.32 Å². The normalized spacial score (nSPS) is 14.9. The number of rotatable bonds is 7. The van der Waals surface area contributed by atoms with Crippen LogP contribution in [-0.2, 0) is 20.0 Å². The van der Waals surface area contributed by atoms with Crippen LogP contribution in [0.5, 0.6) is 0 Å². The predicted octanol–water partition coefficient (Wildman–Crippen LogP) is 3.64. The van der Waals surface area contributed by atoms with E-state index in [9.17, 15) is 16.8 Å². The smallest absolute Gasteiger partial charge is 0.278 e. The standard InChI is InChI=1S/C23H25ClN4O4S2/c24-28(34(31,32)21-10-5-2-6-11-21)23-13-12-19(27-16-7-14-25-15-17-27)18-22(23)26-33(29,30)20-8-3-1-4-9-20/h1-6,8-13,18,25-26H,7,14-17H2. The third-order valence-corrected chi connectivity index (χ3v) is 9.02. The third kappa shape index (κ3) is 5.30. The molecule has 1 heterocycles. The van der Waals surface area contributed by atoms with E-state index in [1.165, 1.54) is 30.3 Å². The quantitative estimate of drug-likeness (QED) is 0.461. The van der Waals surface area contributed by atoms with E-state index < -0.39 is 20.0 Å². The van der Waals surface area contributed by atoms with E-state index in [-0.39, 0.29) is 21.2 Å². The van der Waals surface area contributed by atoms with Gasteiger partial charge in [-0.05, 0) is 55.4 Å². The van der Waals surface area contributed by atoms with Crippen molar-refractivity contribution >= 4 is 48.9 Å². The summed E-state index contributed by atoms with van der Waals surface area (Å²) in [6.07, 6.45) is 0.927. The van der Waals surface area contributed by atoms with Gasteiger partial charge in [0.1, 0.15) is 0 Å². The molecule has 3 aromatic rings. The summed E-state index contributed by atoms with van der Waals surface area (Å²) < 4.78 is 55.6. The lowest BCUT2D eigenvalue weighted by molar-refractivity contribution is 0.596. The van der Waals surface area contributed by atoms with E-state index in [1.807, 2.05) is 0 Å². The van der Waals surface area contributed by atoms with Gasteiger partial charge in [-0.15, -0.1) is 0 Å². The topological polar surface area (TPSA) is 98.8 Å². The maximum Gasteiger partial charge on any atom is 0.278 e. The van der Waals surface area contributed by atoms with Crippen LogP contribution in [0.25, 0.3) is 0 Å². The molecule has 1 fully saturated rings. The fourth-order valence-corrected chi connectivity index (χ4v) is 6.25. The highest BCUT2D eigenvalue weighted by atomic mass is 35.5. The number of sulfonamides is 2. The largest absolute Gasteiger partial charge is 0.370 e. The lowest BCUT2D eigenvalue weighted by Gasteiger charge is -2.26. The van der Waals surface area contributed by atoms with Crippen molar-refractivity contribution in [3.8, 4) is 0 Å². The molecule has 0 unspecified atom stereocenters. The number of hydrogen-bond donors (Lipinski definition) is 2. The molecule has 4 rings (SSSR count). The van der Waals surface area contributed by atoms with Crippen LogP contribution < -0.4 is 18.8 Å². The highest BCUT2D eigenvalue weighted by Crippen LogP contribution is 2.37. The first-order chi connectivity index (χ1) is 16.3. The van der Waals surface area contributed by atoms with Crippen molar-refractivity contribution in [2.75, 3.05) is 39.6 Å². The molecular formula is C23H25ClN4O4S2. The van der Waals surface area contributed by atoms with Crippen LogP contribution >= 0.6 is 11.8 Å². The van der Waals surface area contributed by atoms with Crippen molar-refractivity contribution in [2.45, 2.75) is 16.2 Å². The molecule has 0 spiro atoms. The summed E-state index contributed by atoms with van der Waals surface area (Å²) in [7, 11) is -8.13. The monoisotopic (exact) mass is 520 g/mol. The van der Waals surface area contributed by atoms with Crippen LogP contribution in [0, 0.1) is 0 Å². The maximum absolute atomic E-state index is 13.2. The zero-order chi connectivity index (χ0) is 24.2. The number of hydrogen-bond acceptors (Lipinski definition) is 6. The van der Waals surface area contributed by atoms with Gasteiger partial charge < -0.3 is 10.2 Å². The van der Waals surface area contributed by atoms with Crippen LogP contribution in [0.1, 0.15) is 6.42 Å². The number of nitrogens with one attached hydrogen (secondary N) is 2. The second-order valence-electron chi connectivity index (χ2n) is 7.74. The summed E-state index contributed by atoms with van der Waals surface area (Å²) in [6.45, 7) is 3.20. The molecule has 0 amide bonds. The van der Waals surface area contributed by atoms with Gasteiger partial charge in [0.2, 0.25) is 0 Å². The van der Waals surface area contributed by atoms with E-state index >= 15 is 0 Å². The average molecular weight is 521 g/mol. The minimum Gasteiger partial charge on any atom is -0.370 e. The fraction of sp³-hybridized carbons (Fsp3) is 0.217. The highest BCUT2D eigenvalue weighted by Gasteiger charge is 2.28. The molecule has 0 aliphatic carbocycles. The Labute approximate surface area is 205 Å². The zero-order valence-electron chi connectivity index (χ0n) is 18.3. The van der Waals surface area contributed by atoms with Gasteiger partial charge in [-0.3, -0.25) is 4.72 Å². The molecule has 0 saturated carbocycles. The van der Waals surface area contributed by atoms with Gasteiger partial charge in [-0.1, -0.05) is 36.4 Å². The molecule has 8 nitrogen and oxygen atoms in total. The molecule has 1 aliphatic rings. The lowest BCUT2D eigenvalue weighted by atomic mass is 10.2. The molecule has 1 saturated heterocycles. The molecule has 2 N–H and O–H groups in total. The van der Waals surface area contributed by atoms with Gasteiger partial charge in [0.05, 0.1) is 21.2 Å². The SMILES string of the molecule is O=S(=O)(Nc1cc(N2CCCNCC2)ccc1N(Cl)S(=O)(=O)c1ccccc1)c1ccccc1. The average Bonchev–Trinajstić information content (AvgIpc) is 3.14. The van der Waals surface area contributed by atoms with Crippen molar-refractivity contribution in [3.63, 3.8) is 0 Å². The summed E-state index contributed by atoms with van der Waals surface area (Å²) in [6, 6.07) is 20.5. The molecule has 1 aliphatic heterocycles. The maximum atomic E-state index is 13.2. The summed E-state index contributed by atoms with van der Waals surface area (Å²) in [4.78, 5) is 2.16. The zero-order valence-corrected chi connectivity index (χ0v) is 20.7. The number of halogens is 1. The number of nitrogens with zero attached hydrogens (tertiary/aromatic N) is 2. The van der Waals surface area contributed by atoms with Crippen molar-refractivity contribution in [3.05, 3.63) is 78.9 Å². The van der Waals surface area contributed by atoms with E-state index in [0.717, 1.165) is 38.3 Å². The van der Waals surface area contributed by atoms with Crippen molar-refractivity contribution < 1.29 is 16.8 Å². The summed E-state index contributed by atoms with van der Waals surface area (Å²) in [5.41, 5.74) is 0.829. The van der Waals surface area contributed by atoms with Gasteiger partial charge in [-0.2, -0.15) is 12.2 Å². The Morgan fingerprint density at radius 3 is 2.15 bits per heavy atom. The third-order valence-electron chi connectivity index (χ3n) is 5.42. The Morgan fingerprint density at radius 2 is 1.47 bits per heavy atom. The van der Waals surface area contributed by atoms with Gasteiger partial charge >= 0.3 is 0 Å². The van der Waals surface area contributed by atoms with Crippen LogP contribution in [0.15, 0.2) is 88.7 Å². The minimum absolute atomic E-state index is 0.00160. The molecule has 3 aromatic carbocycles. The Morgan fingerprint density at radius 1 is 0.824 bits per heavy atom. The molecule has 11 heteroatoms. The molecule has 0 aromatic heterocycles. The van der Waals surface area contributed by atoms with Gasteiger partial charge in [-0.25, -0.2) is 8.42 Å². The van der Waals surface area contributed by atoms with Crippen LogP contribution in [0.2, 0.25) is 0 Å². The Balaban J connectivity index is 1.77. The van der Waals surface area contributed by atoms with Crippen molar-refractivity contribution in [1.29, 1.82) is 0 Å². The second-order valence-corrected chi connectivity index (χ2v) is 11.8. The van der Waals surface area contributed by atoms with E-state index in [2.05, 4.69) is 14.9 Å². The Hall–Kier alpha value is -2.79. The Bertz CT molecular complexity index is 1330. The second kappa shape index (κ2) is 10.2. The van der Waals surface area contributed by atoms with E-state index in [0.29, 0.717) is 3.82 Å². The summed E-state index contributed by atoms with van der Waals surface area (Å²) >= 11 is 6.36. The van der Waals surface area contributed by atoms with Gasteiger partial charge in [0.15, 0.2) is 0 Å². The first-order valence-corrected chi connectivity index (χ1v) is 14.0. The van der Waals surface area contributed by atoms with Crippen LogP contribution in [0.3, 0.4) is 0 Å². The van der Waals surface area contributed by atoms with Crippen molar-refractivity contribution in [2.24, 2.45) is 0 Å². The molecular weight excluding hydrogens is 496 g/mol. The molecule has 0 radical (unpaired) electrons. The molecule has 180 valence electrons. The van der Waals surface area contributed by atoms with Crippen LogP contribution in [-0.4, -0.2) is 43.0 Å². The van der Waals surface area contributed by atoms with E-state index in [4.69, 9.17) is 11.8 Å². The first-order valence-electron chi connectivity index (χ1n) is 10.7. The molecule has 0 atom stereocenters. The fourth-order valence-electron chi connectivity index (χ4n) is 3.68. The minimum atomic E-state index is -4.14. The van der Waals surface area contributed by atoms with Gasteiger partial charge in [0.25, 0.3) is 20.0 Å². The first kappa shape index (κ1) is 24.3.